The number of fused-ring (bicyclic) bond motifs is 1. The molecule has 3 nitrogen and oxygen atoms in total. The molecule has 0 spiro atoms. The third kappa shape index (κ3) is 3.50. The highest BCUT2D eigenvalue weighted by molar-refractivity contribution is 5.97. The summed E-state index contributed by atoms with van der Waals surface area (Å²) in [4.78, 5) is 17.9. The van der Waals surface area contributed by atoms with Gasteiger partial charge in [0.25, 0.3) is 0 Å². The predicted octanol–water partition coefficient (Wildman–Crippen LogP) is 4.22. The highest BCUT2D eigenvalue weighted by Gasteiger charge is 2.27. The lowest BCUT2D eigenvalue weighted by atomic mass is 9.79. The molecule has 1 aromatic rings. The first kappa shape index (κ1) is 16.3. The number of hydrogen-bond donors (Lipinski definition) is 1. The van der Waals surface area contributed by atoms with Crippen molar-refractivity contribution in [3.8, 4) is 0 Å². The van der Waals surface area contributed by atoms with E-state index in [2.05, 4.69) is 30.6 Å². The first-order valence-corrected chi connectivity index (χ1v) is 8.97. The van der Waals surface area contributed by atoms with Crippen LogP contribution in [0.25, 0.3) is 0 Å². The lowest BCUT2D eigenvalue weighted by molar-refractivity contribution is -0.117. The average Bonchev–Trinajstić information content (AvgIpc) is 3.04. The second kappa shape index (κ2) is 7.31. The quantitative estimate of drug-likeness (QED) is 0.653. The molecule has 0 saturated heterocycles. The Hall–Kier alpha value is -1.61. The molecule has 1 saturated carbocycles. The number of carbonyl (C=O) groups excluding carboxylic acids is 1. The van der Waals surface area contributed by atoms with Gasteiger partial charge in [-0.25, -0.2) is 0 Å². The largest absolute Gasteiger partial charge is 0.294 e. The highest BCUT2D eigenvalue weighted by atomic mass is 16.6. The first-order valence-electron chi connectivity index (χ1n) is 8.97. The standard InChI is InChI=1S/C20H27NO2/c1-3-19(21-23-4-2)18-11-10-17(13-20(18)22)16-9-8-14-6-5-7-15(14)12-16/h8-9,12,17,21H,3-7,10-11,13H2,1-2H3. The Morgan fingerprint density at radius 3 is 2.78 bits per heavy atom. The summed E-state index contributed by atoms with van der Waals surface area (Å²) in [6.07, 6.45) is 7.04. The molecular formula is C20H27NO2. The number of ketones is 1. The molecular weight excluding hydrogens is 286 g/mol. The van der Waals surface area contributed by atoms with E-state index in [0.717, 1.165) is 30.5 Å². The van der Waals surface area contributed by atoms with Crippen LogP contribution in [0.5, 0.6) is 0 Å². The lowest BCUT2D eigenvalue weighted by Crippen LogP contribution is -2.23. The van der Waals surface area contributed by atoms with Gasteiger partial charge in [-0.1, -0.05) is 25.1 Å². The van der Waals surface area contributed by atoms with Gasteiger partial charge < -0.3 is 0 Å². The SMILES string of the molecule is CCONC(CC)=C1CCC(c2ccc3c(c2)CCC3)CC1=O. The number of rotatable bonds is 5. The van der Waals surface area contributed by atoms with Crippen molar-refractivity contribution in [3.05, 3.63) is 46.2 Å². The number of nitrogens with one attached hydrogen (secondary N) is 1. The molecule has 3 rings (SSSR count). The lowest BCUT2D eigenvalue weighted by Gasteiger charge is -2.26. The summed E-state index contributed by atoms with van der Waals surface area (Å²) in [5.41, 5.74) is 9.24. The summed E-state index contributed by atoms with van der Waals surface area (Å²) in [6, 6.07) is 6.88. The van der Waals surface area contributed by atoms with Crippen LogP contribution in [0.1, 0.15) is 68.6 Å². The first-order chi connectivity index (χ1) is 11.2. The van der Waals surface area contributed by atoms with Gasteiger partial charge in [0.15, 0.2) is 5.78 Å². The van der Waals surface area contributed by atoms with Crippen molar-refractivity contribution in [1.82, 2.24) is 5.48 Å². The third-order valence-corrected chi connectivity index (χ3v) is 5.16. The van der Waals surface area contributed by atoms with Gasteiger partial charge in [0.05, 0.1) is 6.61 Å². The van der Waals surface area contributed by atoms with Crippen LogP contribution in [0.15, 0.2) is 29.5 Å². The van der Waals surface area contributed by atoms with Crippen LogP contribution >= 0.6 is 0 Å². The number of allylic oxidation sites excluding steroid dienone is 2. The summed E-state index contributed by atoms with van der Waals surface area (Å²) in [6.45, 7) is 4.61. The Bertz CT molecular complexity index is 618. The van der Waals surface area contributed by atoms with Crippen molar-refractivity contribution in [3.63, 3.8) is 0 Å². The molecule has 0 radical (unpaired) electrons. The van der Waals surface area contributed by atoms with E-state index < -0.39 is 0 Å². The zero-order valence-electron chi connectivity index (χ0n) is 14.3. The predicted molar refractivity (Wildman–Crippen MR) is 92.1 cm³/mol. The second-order valence-electron chi connectivity index (χ2n) is 6.59. The monoisotopic (exact) mass is 313 g/mol. The van der Waals surface area contributed by atoms with Gasteiger partial charge in [-0.3, -0.25) is 15.1 Å². The normalized spacial score (nSPS) is 22.9. The summed E-state index contributed by atoms with van der Waals surface area (Å²) >= 11 is 0. The Labute approximate surface area is 139 Å². The van der Waals surface area contributed by atoms with Crippen LogP contribution < -0.4 is 5.48 Å². The third-order valence-electron chi connectivity index (χ3n) is 5.16. The number of aryl methyl sites for hydroxylation is 2. The molecule has 0 aromatic heterocycles. The minimum atomic E-state index is 0.283. The van der Waals surface area contributed by atoms with E-state index in [-0.39, 0.29) is 5.78 Å². The Kier molecular flexibility index (Phi) is 5.16. The van der Waals surface area contributed by atoms with Gasteiger partial charge >= 0.3 is 0 Å². The second-order valence-corrected chi connectivity index (χ2v) is 6.59. The highest BCUT2D eigenvalue weighted by Crippen LogP contribution is 2.36. The van der Waals surface area contributed by atoms with Crippen LogP contribution in [0, 0.1) is 0 Å². The average molecular weight is 313 g/mol. The minimum Gasteiger partial charge on any atom is -0.294 e. The topological polar surface area (TPSA) is 38.3 Å². The molecule has 0 heterocycles. The van der Waals surface area contributed by atoms with Gasteiger partial charge in [0.1, 0.15) is 0 Å². The molecule has 1 fully saturated rings. The van der Waals surface area contributed by atoms with Crippen molar-refractivity contribution >= 4 is 5.78 Å². The van der Waals surface area contributed by atoms with Crippen molar-refractivity contribution < 1.29 is 9.63 Å². The van der Waals surface area contributed by atoms with E-state index in [1.165, 1.54) is 36.0 Å². The Morgan fingerprint density at radius 1 is 1.22 bits per heavy atom. The van der Waals surface area contributed by atoms with Crippen LogP contribution in [0.4, 0.5) is 0 Å². The van der Waals surface area contributed by atoms with E-state index in [1.54, 1.807) is 0 Å². The van der Waals surface area contributed by atoms with Crippen molar-refractivity contribution in [2.75, 3.05) is 6.61 Å². The molecule has 3 heteroatoms. The minimum absolute atomic E-state index is 0.283. The zero-order chi connectivity index (χ0) is 16.2. The molecule has 1 unspecified atom stereocenters. The van der Waals surface area contributed by atoms with Crippen LogP contribution in [0.3, 0.4) is 0 Å². The molecule has 124 valence electrons. The molecule has 23 heavy (non-hydrogen) atoms. The van der Waals surface area contributed by atoms with Crippen LogP contribution in [-0.4, -0.2) is 12.4 Å². The van der Waals surface area contributed by atoms with Gasteiger partial charge in [0, 0.05) is 17.7 Å². The molecule has 0 aliphatic heterocycles. The molecule has 1 N–H and O–H groups in total. The number of hydrogen-bond acceptors (Lipinski definition) is 3. The fourth-order valence-corrected chi connectivity index (χ4v) is 3.86. The fourth-order valence-electron chi connectivity index (χ4n) is 3.86. The maximum absolute atomic E-state index is 12.6. The summed E-state index contributed by atoms with van der Waals surface area (Å²) in [7, 11) is 0. The summed E-state index contributed by atoms with van der Waals surface area (Å²) in [5.74, 6) is 0.660. The molecule has 2 aliphatic carbocycles. The van der Waals surface area contributed by atoms with E-state index in [0.29, 0.717) is 18.9 Å². The maximum Gasteiger partial charge on any atom is 0.161 e. The van der Waals surface area contributed by atoms with Gasteiger partial charge in [0.2, 0.25) is 0 Å². The van der Waals surface area contributed by atoms with Gasteiger partial charge in [-0.2, -0.15) is 0 Å². The van der Waals surface area contributed by atoms with E-state index in [4.69, 9.17) is 4.84 Å². The maximum atomic E-state index is 12.6. The van der Waals surface area contributed by atoms with Crippen LogP contribution in [0.2, 0.25) is 0 Å². The Balaban J connectivity index is 1.73. The molecule has 1 atom stereocenters. The Morgan fingerprint density at radius 2 is 2.04 bits per heavy atom. The van der Waals surface area contributed by atoms with Crippen molar-refractivity contribution in [1.29, 1.82) is 0 Å². The molecule has 0 amide bonds. The van der Waals surface area contributed by atoms with Crippen molar-refractivity contribution in [2.45, 2.75) is 64.7 Å². The van der Waals surface area contributed by atoms with E-state index in [9.17, 15) is 4.79 Å². The summed E-state index contributed by atoms with van der Waals surface area (Å²) < 4.78 is 0. The molecule has 2 aliphatic rings. The van der Waals surface area contributed by atoms with Gasteiger partial charge in [-0.15, -0.1) is 0 Å². The van der Waals surface area contributed by atoms with E-state index >= 15 is 0 Å². The van der Waals surface area contributed by atoms with Crippen molar-refractivity contribution in [2.24, 2.45) is 0 Å². The van der Waals surface area contributed by atoms with E-state index in [1.807, 2.05) is 6.92 Å². The number of Topliss-reactive ketones (excluding diaryl/α,β-unsaturated/α-hetero) is 1. The molecule has 0 bridgehead atoms. The number of benzene rings is 1. The summed E-state index contributed by atoms with van der Waals surface area (Å²) in [5, 5.41) is 0. The number of carbonyl (C=O) groups is 1. The zero-order valence-corrected chi connectivity index (χ0v) is 14.3. The number of hydroxylamine groups is 1. The van der Waals surface area contributed by atoms with Crippen LogP contribution in [-0.2, 0) is 22.5 Å². The van der Waals surface area contributed by atoms with Gasteiger partial charge in [-0.05, 0) is 68.1 Å². The molecule has 1 aromatic carbocycles. The fraction of sp³-hybridized carbons (Fsp3) is 0.550. The smallest absolute Gasteiger partial charge is 0.161 e.